The highest BCUT2D eigenvalue weighted by Gasteiger charge is 2.25. The summed E-state index contributed by atoms with van der Waals surface area (Å²) in [4.78, 5) is 29.6. The van der Waals surface area contributed by atoms with Crippen molar-refractivity contribution in [3.8, 4) is 11.5 Å². The summed E-state index contributed by atoms with van der Waals surface area (Å²) < 4.78 is 20.1. The Bertz CT molecular complexity index is 1310. The second kappa shape index (κ2) is 9.38. The van der Waals surface area contributed by atoms with E-state index < -0.39 is 5.82 Å². The van der Waals surface area contributed by atoms with Crippen LogP contribution in [0.25, 0.3) is 5.57 Å². The minimum absolute atomic E-state index is 0.0706. The lowest BCUT2D eigenvalue weighted by Gasteiger charge is -2.14. The summed E-state index contributed by atoms with van der Waals surface area (Å²) in [5.41, 5.74) is 8.53. The van der Waals surface area contributed by atoms with E-state index in [1.807, 2.05) is 37.3 Å². The number of carbonyl (C=O) groups excluding carboxylic acids is 2. The Balaban J connectivity index is 1.48. The Morgan fingerprint density at radius 1 is 1.12 bits per heavy atom. The molecule has 1 aromatic heterocycles. The van der Waals surface area contributed by atoms with Gasteiger partial charge in [0.2, 0.25) is 0 Å². The summed E-state index contributed by atoms with van der Waals surface area (Å²) in [6.45, 7) is 1.96. The molecule has 1 heterocycles. The van der Waals surface area contributed by atoms with E-state index in [2.05, 4.69) is 4.98 Å². The maximum Gasteiger partial charge on any atom is 0.196 e. The van der Waals surface area contributed by atoms with Gasteiger partial charge < -0.3 is 10.5 Å². The van der Waals surface area contributed by atoms with Gasteiger partial charge in [-0.1, -0.05) is 59.6 Å². The number of aryl methyl sites for hydroxylation is 1. The molecule has 0 radical (unpaired) electrons. The molecule has 0 spiro atoms. The number of hydrogen-bond acceptors (Lipinski definition) is 5. The van der Waals surface area contributed by atoms with Crippen LogP contribution in [-0.2, 0) is 16.0 Å². The first-order valence-electron chi connectivity index (χ1n) is 10.2. The molecule has 0 aliphatic heterocycles. The third-order valence-electron chi connectivity index (χ3n) is 5.26. The molecule has 5 nitrogen and oxygen atoms in total. The fourth-order valence-corrected chi connectivity index (χ4v) is 3.65. The number of carbonyl (C=O) groups is 2. The predicted molar refractivity (Wildman–Crippen MR) is 126 cm³/mol. The zero-order valence-corrected chi connectivity index (χ0v) is 18.5. The largest absolute Gasteiger partial charge is 0.453 e. The Hall–Kier alpha value is -3.77. The van der Waals surface area contributed by atoms with Gasteiger partial charge in [-0.25, -0.2) is 9.37 Å². The third kappa shape index (κ3) is 4.86. The molecule has 0 fully saturated rings. The van der Waals surface area contributed by atoms with Crippen LogP contribution in [-0.4, -0.2) is 16.6 Å². The lowest BCUT2D eigenvalue weighted by molar-refractivity contribution is -0.118. The molecule has 0 unspecified atom stereocenters. The van der Waals surface area contributed by atoms with E-state index in [0.29, 0.717) is 17.6 Å². The van der Waals surface area contributed by atoms with E-state index in [1.54, 1.807) is 12.1 Å². The molecule has 4 rings (SSSR count). The van der Waals surface area contributed by atoms with Gasteiger partial charge in [-0.15, -0.1) is 0 Å². The molecular weight excluding hydrogens is 443 g/mol. The van der Waals surface area contributed by atoms with Crippen LogP contribution in [0.1, 0.15) is 23.1 Å². The smallest absolute Gasteiger partial charge is 0.196 e. The number of hydrogen-bond donors (Lipinski definition) is 1. The SMILES string of the molecule is Cc1ccc(C2=CCC=C(C(=O)Cc3ccc(Oc4ccnc(N)c4Cl)c(F)c3)C2=O)cc1. The van der Waals surface area contributed by atoms with E-state index in [0.717, 1.165) is 11.1 Å². The number of benzene rings is 2. The van der Waals surface area contributed by atoms with Gasteiger partial charge >= 0.3 is 0 Å². The van der Waals surface area contributed by atoms with Crippen LogP contribution in [0, 0.1) is 12.7 Å². The number of nitrogens with two attached hydrogens (primary N) is 1. The van der Waals surface area contributed by atoms with Crippen molar-refractivity contribution in [3.63, 3.8) is 0 Å². The van der Waals surface area contributed by atoms with Gasteiger partial charge in [-0.05, 0) is 36.6 Å². The Morgan fingerprint density at radius 3 is 2.61 bits per heavy atom. The van der Waals surface area contributed by atoms with Crippen LogP contribution < -0.4 is 10.5 Å². The number of rotatable bonds is 6. The number of anilines is 1. The van der Waals surface area contributed by atoms with Crippen molar-refractivity contribution in [2.45, 2.75) is 19.8 Å². The first-order chi connectivity index (χ1) is 15.8. The van der Waals surface area contributed by atoms with Gasteiger partial charge in [-0.3, -0.25) is 9.59 Å². The summed E-state index contributed by atoms with van der Waals surface area (Å²) >= 11 is 6.04. The fraction of sp³-hybridized carbons (Fsp3) is 0.115. The predicted octanol–water partition coefficient (Wildman–Crippen LogP) is 5.65. The Kier molecular flexibility index (Phi) is 6.38. The lowest BCUT2D eigenvalue weighted by atomic mass is 9.87. The molecule has 7 heteroatoms. The van der Waals surface area contributed by atoms with Gasteiger partial charge in [0.1, 0.15) is 10.8 Å². The topological polar surface area (TPSA) is 82.3 Å². The number of nitrogen functional groups attached to an aromatic ring is 1. The highest BCUT2D eigenvalue weighted by atomic mass is 35.5. The quantitative estimate of drug-likeness (QED) is 0.478. The molecular formula is C26H20ClFN2O3. The minimum Gasteiger partial charge on any atom is -0.453 e. The summed E-state index contributed by atoms with van der Waals surface area (Å²) in [6, 6.07) is 13.2. The molecule has 1 aliphatic carbocycles. The van der Waals surface area contributed by atoms with Gasteiger partial charge in [0, 0.05) is 24.3 Å². The number of ether oxygens (including phenoxy) is 1. The molecule has 3 aromatic rings. The molecule has 0 bridgehead atoms. The highest BCUT2D eigenvalue weighted by molar-refractivity contribution is 6.39. The molecule has 0 saturated heterocycles. The van der Waals surface area contributed by atoms with Crippen molar-refractivity contribution in [1.82, 2.24) is 4.98 Å². The van der Waals surface area contributed by atoms with Crippen LogP contribution in [0.4, 0.5) is 10.2 Å². The molecule has 33 heavy (non-hydrogen) atoms. The maximum atomic E-state index is 14.6. The second-order valence-electron chi connectivity index (χ2n) is 7.64. The zero-order valence-electron chi connectivity index (χ0n) is 17.8. The number of pyridine rings is 1. The molecule has 0 amide bonds. The molecule has 2 N–H and O–H groups in total. The first kappa shape index (κ1) is 22.4. The van der Waals surface area contributed by atoms with Gasteiger partial charge in [0.15, 0.2) is 28.9 Å². The van der Waals surface area contributed by atoms with Gasteiger partial charge in [-0.2, -0.15) is 0 Å². The fourth-order valence-electron chi connectivity index (χ4n) is 3.50. The Morgan fingerprint density at radius 2 is 1.88 bits per heavy atom. The van der Waals surface area contributed by atoms with Crippen LogP contribution in [0.15, 0.2) is 72.5 Å². The molecule has 166 valence electrons. The van der Waals surface area contributed by atoms with E-state index in [1.165, 1.54) is 24.4 Å². The number of aromatic nitrogens is 1. The number of allylic oxidation sites excluding steroid dienone is 4. The van der Waals surface area contributed by atoms with Gasteiger partial charge in [0.25, 0.3) is 0 Å². The van der Waals surface area contributed by atoms with Crippen molar-refractivity contribution in [1.29, 1.82) is 0 Å². The van der Waals surface area contributed by atoms with E-state index >= 15 is 0 Å². The summed E-state index contributed by atoms with van der Waals surface area (Å²) in [5, 5.41) is 0.0799. The van der Waals surface area contributed by atoms with Crippen LogP contribution in [0.3, 0.4) is 0 Å². The van der Waals surface area contributed by atoms with E-state index in [-0.39, 0.29) is 45.9 Å². The molecule has 2 aromatic carbocycles. The Labute approximate surface area is 195 Å². The standard InChI is InChI=1S/C26H20ClFN2O3/c1-15-5-8-17(9-6-15)18-3-2-4-19(25(18)32)21(31)14-16-7-10-22(20(28)13-16)33-23-11-12-30-26(29)24(23)27/h3-13H,2,14H2,1H3,(H2,29,30). The van der Waals surface area contributed by atoms with Crippen molar-refractivity contribution >= 4 is 34.6 Å². The third-order valence-corrected chi connectivity index (χ3v) is 5.64. The van der Waals surface area contributed by atoms with E-state index in [4.69, 9.17) is 22.1 Å². The second-order valence-corrected chi connectivity index (χ2v) is 8.02. The van der Waals surface area contributed by atoms with Crippen molar-refractivity contribution in [2.75, 3.05) is 5.73 Å². The average Bonchev–Trinajstić information content (AvgIpc) is 2.79. The van der Waals surface area contributed by atoms with Crippen LogP contribution in [0.2, 0.25) is 5.02 Å². The van der Waals surface area contributed by atoms with Crippen molar-refractivity contribution < 1.29 is 18.7 Å². The minimum atomic E-state index is -0.670. The number of halogens is 2. The highest BCUT2D eigenvalue weighted by Crippen LogP contribution is 2.33. The van der Waals surface area contributed by atoms with Crippen LogP contribution >= 0.6 is 11.6 Å². The molecule has 1 aliphatic rings. The van der Waals surface area contributed by atoms with Crippen LogP contribution in [0.5, 0.6) is 11.5 Å². The first-order valence-corrected chi connectivity index (χ1v) is 10.6. The summed E-state index contributed by atoms with van der Waals surface area (Å²) in [6.07, 6.45) is 5.19. The summed E-state index contributed by atoms with van der Waals surface area (Å²) in [7, 11) is 0. The normalized spacial score (nSPS) is 13.4. The molecule has 0 saturated carbocycles. The monoisotopic (exact) mass is 462 g/mol. The van der Waals surface area contributed by atoms with E-state index in [9.17, 15) is 14.0 Å². The van der Waals surface area contributed by atoms with Crippen molar-refractivity contribution in [2.24, 2.45) is 0 Å². The number of Topliss-reactive ketones (excluding diaryl/α,β-unsaturated/α-hetero) is 2. The number of nitrogens with zero attached hydrogens (tertiary/aromatic N) is 1. The molecule has 0 atom stereocenters. The zero-order chi connectivity index (χ0) is 23.5. The van der Waals surface area contributed by atoms with Gasteiger partial charge in [0.05, 0.1) is 5.57 Å². The lowest BCUT2D eigenvalue weighted by Crippen LogP contribution is -2.18. The maximum absolute atomic E-state index is 14.6. The van der Waals surface area contributed by atoms with Crippen molar-refractivity contribution in [3.05, 3.63) is 100.0 Å². The average molecular weight is 463 g/mol. The summed E-state index contributed by atoms with van der Waals surface area (Å²) in [5.74, 6) is -1.19. The number of ketones is 2.